The number of aromatic amines is 1. The molecule has 5 N–H and O–H groups in total. The van der Waals surface area contributed by atoms with E-state index < -0.39 is 11.0 Å². The Bertz CT molecular complexity index is 890. The predicted octanol–water partition coefficient (Wildman–Crippen LogP) is 1.10. The predicted molar refractivity (Wildman–Crippen MR) is 112 cm³/mol. The van der Waals surface area contributed by atoms with Crippen LogP contribution >= 0.6 is 23.2 Å². The highest BCUT2D eigenvalue weighted by Gasteiger charge is 2.12. The maximum Gasteiger partial charge on any atom is 0.276 e. The number of hydrogen-bond acceptors (Lipinski definition) is 7. The Hall–Kier alpha value is -2.00. The Kier molecular flexibility index (Phi) is 7.94. The highest BCUT2D eigenvalue weighted by atomic mass is 35.5. The fraction of sp³-hybridized carbons (Fsp3) is 0.312. The quantitative estimate of drug-likeness (QED) is 0.223. The first-order valence-electron chi connectivity index (χ1n) is 8.14. The number of H-pyrrole nitrogens is 1. The molecule has 0 aliphatic heterocycles. The first kappa shape index (κ1) is 22.3. The van der Waals surface area contributed by atoms with Crippen molar-refractivity contribution in [3.8, 4) is 0 Å². The Morgan fingerprint density at radius 1 is 1.32 bits per heavy atom. The summed E-state index contributed by atoms with van der Waals surface area (Å²) in [5.74, 6) is 0.202. The fourth-order valence-electron chi connectivity index (χ4n) is 2.17. The SMILES string of the molecule is [B]C([B])(O)COCCNc1c(C=N)nc(NCc2ccc(Cl)c(Cl)c2)[nH]c1=O. The van der Waals surface area contributed by atoms with E-state index in [0.29, 0.717) is 16.6 Å². The van der Waals surface area contributed by atoms with Crippen LogP contribution in [0.2, 0.25) is 10.0 Å². The van der Waals surface area contributed by atoms with Gasteiger partial charge in [-0.15, -0.1) is 0 Å². The number of aromatic nitrogens is 2. The van der Waals surface area contributed by atoms with Crippen LogP contribution in [0.5, 0.6) is 0 Å². The van der Waals surface area contributed by atoms with Gasteiger partial charge in [-0.05, 0) is 17.7 Å². The minimum atomic E-state index is -1.92. The third-order valence-corrected chi connectivity index (χ3v) is 4.15. The number of halogens is 2. The Labute approximate surface area is 174 Å². The average molecular weight is 420 g/mol. The number of anilines is 2. The van der Waals surface area contributed by atoms with Gasteiger partial charge in [0, 0.05) is 24.7 Å². The Morgan fingerprint density at radius 3 is 2.71 bits per heavy atom. The summed E-state index contributed by atoms with van der Waals surface area (Å²) in [5, 5.41) is 21.4. The van der Waals surface area contributed by atoms with Crippen molar-refractivity contribution in [1.29, 1.82) is 5.41 Å². The van der Waals surface area contributed by atoms with Crippen LogP contribution in [0.3, 0.4) is 0 Å². The second-order valence-electron chi connectivity index (χ2n) is 5.89. The number of nitrogens with one attached hydrogen (secondary N) is 4. The van der Waals surface area contributed by atoms with Crippen LogP contribution in [0.25, 0.3) is 0 Å². The fourth-order valence-corrected chi connectivity index (χ4v) is 2.49. The van der Waals surface area contributed by atoms with Crippen molar-refractivity contribution in [2.24, 2.45) is 0 Å². The highest BCUT2D eigenvalue weighted by molar-refractivity contribution is 6.42. The summed E-state index contributed by atoms with van der Waals surface area (Å²) in [7, 11) is 10.3. The largest absolute Gasteiger partial charge is 0.407 e. The van der Waals surface area contributed by atoms with E-state index in [1.807, 2.05) is 0 Å². The van der Waals surface area contributed by atoms with E-state index in [2.05, 4.69) is 20.6 Å². The van der Waals surface area contributed by atoms with Gasteiger partial charge in [-0.1, -0.05) is 29.3 Å². The van der Waals surface area contributed by atoms with E-state index in [4.69, 9.17) is 54.1 Å². The molecule has 1 aromatic heterocycles. The van der Waals surface area contributed by atoms with Gasteiger partial charge >= 0.3 is 0 Å². The van der Waals surface area contributed by atoms with Gasteiger partial charge in [0.2, 0.25) is 5.95 Å². The first-order valence-corrected chi connectivity index (χ1v) is 8.89. The van der Waals surface area contributed by atoms with Gasteiger partial charge in [-0.2, -0.15) is 0 Å². The van der Waals surface area contributed by atoms with Gasteiger partial charge < -0.3 is 25.9 Å². The molecule has 8 nitrogen and oxygen atoms in total. The number of rotatable bonds is 10. The monoisotopic (exact) mass is 419 g/mol. The van der Waals surface area contributed by atoms with Crippen LogP contribution in [0, 0.1) is 5.41 Å². The van der Waals surface area contributed by atoms with Crippen LogP contribution in [0.4, 0.5) is 11.6 Å². The molecule has 0 aliphatic rings. The van der Waals surface area contributed by atoms with Gasteiger partial charge in [0.15, 0.2) is 0 Å². The molecule has 0 saturated carbocycles. The minimum Gasteiger partial charge on any atom is -0.407 e. The summed E-state index contributed by atoms with van der Waals surface area (Å²) in [6.07, 6.45) is 0.960. The first-order chi connectivity index (χ1) is 13.2. The Balaban J connectivity index is 1.99. The zero-order chi connectivity index (χ0) is 20.7. The number of ether oxygens (including phenoxy) is 1. The van der Waals surface area contributed by atoms with Gasteiger partial charge in [0.25, 0.3) is 5.56 Å². The molecule has 0 amide bonds. The molecule has 0 unspecified atom stereocenters. The normalized spacial score (nSPS) is 11.2. The zero-order valence-corrected chi connectivity index (χ0v) is 16.3. The molecule has 0 atom stereocenters. The lowest BCUT2D eigenvalue weighted by Crippen LogP contribution is -2.36. The van der Waals surface area contributed by atoms with Crippen molar-refractivity contribution in [3.63, 3.8) is 0 Å². The second-order valence-corrected chi connectivity index (χ2v) is 6.71. The van der Waals surface area contributed by atoms with Crippen molar-refractivity contribution < 1.29 is 9.84 Å². The smallest absolute Gasteiger partial charge is 0.276 e. The molecule has 0 saturated heterocycles. The molecular formula is C16H17B2Cl2N5O3. The standard InChI is InChI=1S/C16H17B2Cl2N5O3/c17-16(18,27)8-28-4-3-22-13-12(6-21)24-15(25-14(13)26)23-7-9-1-2-10(19)11(20)5-9/h1-2,5-6,21-22,27H,3-4,7-8H2,(H2,23,24,25,26). The zero-order valence-electron chi connectivity index (χ0n) is 14.8. The summed E-state index contributed by atoms with van der Waals surface area (Å²) in [5.41, 5.74) is 0.649. The topological polar surface area (TPSA) is 123 Å². The summed E-state index contributed by atoms with van der Waals surface area (Å²) in [4.78, 5) is 19.1. The van der Waals surface area contributed by atoms with E-state index in [1.165, 1.54) is 0 Å². The lowest BCUT2D eigenvalue weighted by molar-refractivity contribution is 0.0589. The lowest BCUT2D eigenvalue weighted by atomic mass is 9.66. The van der Waals surface area contributed by atoms with Crippen molar-refractivity contribution in [3.05, 3.63) is 49.9 Å². The van der Waals surface area contributed by atoms with Gasteiger partial charge in [0.1, 0.15) is 27.1 Å². The van der Waals surface area contributed by atoms with Crippen molar-refractivity contribution >= 4 is 56.7 Å². The van der Waals surface area contributed by atoms with Crippen LogP contribution in [-0.4, -0.2) is 62.1 Å². The molecule has 12 heteroatoms. The molecule has 0 aliphatic carbocycles. The van der Waals surface area contributed by atoms with Gasteiger partial charge in [-0.3, -0.25) is 9.78 Å². The van der Waals surface area contributed by atoms with Crippen LogP contribution < -0.4 is 16.2 Å². The summed E-state index contributed by atoms with van der Waals surface area (Å²) >= 11 is 11.9. The molecule has 0 fully saturated rings. The third kappa shape index (κ3) is 6.87. The van der Waals surface area contributed by atoms with E-state index in [9.17, 15) is 4.79 Å². The van der Waals surface area contributed by atoms with E-state index >= 15 is 0 Å². The molecule has 28 heavy (non-hydrogen) atoms. The molecule has 0 bridgehead atoms. The molecule has 4 radical (unpaired) electrons. The third-order valence-electron chi connectivity index (χ3n) is 3.41. The molecule has 1 aromatic carbocycles. The number of aliphatic hydroxyl groups is 1. The van der Waals surface area contributed by atoms with E-state index in [1.54, 1.807) is 18.2 Å². The van der Waals surface area contributed by atoms with Crippen molar-refractivity contribution in [2.75, 3.05) is 30.4 Å². The highest BCUT2D eigenvalue weighted by Crippen LogP contribution is 2.22. The second kappa shape index (κ2) is 9.97. The molecule has 0 spiro atoms. The average Bonchev–Trinajstić information content (AvgIpc) is 2.62. The molecule has 144 valence electrons. The minimum absolute atomic E-state index is 0.120. The summed E-state index contributed by atoms with van der Waals surface area (Å²) in [6, 6.07) is 5.16. The van der Waals surface area contributed by atoms with Crippen molar-refractivity contribution in [1.82, 2.24) is 9.97 Å². The Morgan fingerprint density at radius 2 is 2.07 bits per heavy atom. The molecule has 2 rings (SSSR count). The number of nitrogens with zero attached hydrogens (tertiary/aromatic N) is 1. The molecule has 2 aromatic rings. The van der Waals surface area contributed by atoms with Crippen LogP contribution in [0.1, 0.15) is 11.3 Å². The summed E-state index contributed by atoms with van der Waals surface area (Å²) in [6.45, 7) is 0.430. The number of benzene rings is 1. The molecule has 1 heterocycles. The van der Waals surface area contributed by atoms with Gasteiger partial charge in [-0.25, -0.2) is 4.98 Å². The molecular weight excluding hydrogens is 403 g/mol. The van der Waals surface area contributed by atoms with Crippen LogP contribution in [0.15, 0.2) is 23.0 Å². The maximum atomic E-state index is 12.3. The van der Waals surface area contributed by atoms with Crippen molar-refractivity contribution in [2.45, 2.75) is 11.9 Å². The van der Waals surface area contributed by atoms with Gasteiger partial charge in [0.05, 0.1) is 23.3 Å². The van der Waals surface area contributed by atoms with Crippen LogP contribution in [-0.2, 0) is 11.3 Å². The van der Waals surface area contributed by atoms with E-state index in [0.717, 1.165) is 11.8 Å². The lowest BCUT2D eigenvalue weighted by Gasteiger charge is -2.18. The number of hydrogen-bond donors (Lipinski definition) is 5. The van der Waals surface area contributed by atoms with E-state index in [-0.39, 0.29) is 37.1 Å². The maximum absolute atomic E-state index is 12.3. The summed E-state index contributed by atoms with van der Waals surface area (Å²) < 4.78 is 5.08.